The summed E-state index contributed by atoms with van der Waals surface area (Å²) >= 11 is 3.30. The van der Waals surface area contributed by atoms with E-state index in [0.29, 0.717) is 27.4 Å². The number of sulfonamides is 1. The Morgan fingerprint density at radius 3 is 2.34 bits per heavy atom. The maximum atomic E-state index is 12.6. The van der Waals surface area contributed by atoms with Crippen LogP contribution in [0.5, 0.6) is 23.1 Å². The van der Waals surface area contributed by atoms with Crippen molar-refractivity contribution in [2.24, 2.45) is 0 Å². The molecular weight excluding hydrogens is 460 g/mol. The molecule has 152 valence electrons. The molecule has 0 bridgehead atoms. The molecule has 7 nitrogen and oxygen atoms in total. The molecule has 0 unspecified atom stereocenters. The molecule has 1 aromatic heterocycles. The molecule has 0 saturated carbocycles. The standard InChI is InChI=1S/C20H19BrN2O5S/c1-26-15-3-5-16(6-4-15)28-20-11-14(9-10-22-20)13-23-29(24,25)17-7-8-19(27-2)18(21)12-17/h3-12,23H,13H2,1-2H3. The highest BCUT2D eigenvalue weighted by molar-refractivity contribution is 9.10. The second kappa shape index (κ2) is 9.25. The number of halogens is 1. The molecule has 0 fully saturated rings. The van der Waals surface area contributed by atoms with Crippen LogP contribution in [0.25, 0.3) is 0 Å². The summed E-state index contributed by atoms with van der Waals surface area (Å²) in [4.78, 5) is 4.29. The summed E-state index contributed by atoms with van der Waals surface area (Å²) in [7, 11) is -0.591. The minimum Gasteiger partial charge on any atom is -0.497 e. The van der Waals surface area contributed by atoms with Crippen molar-refractivity contribution in [2.75, 3.05) is 14.2 Å². The Morgan fingerprint density at radius 2 is 1.69 bits per heavy atom. The third-order valence-corrected chi connectivity index (χ3v) is 6.00. The lowest BCUT2D eigenvalue weighted by atomic mass is 10.3. The fourth-order valence-corrected chi connectivity index (χ4v) is 4.19. The number of pyridine rings is 1. The SMILES string of the molecule is COc1ccc(Oc2cc(CNS(=O)(=O)c3ccc(OC)c(Br)c3)ccn2)cc1. The Balaban J connectivity index is 1.68. The normalized spacial score (nSPS) is 11.1. The highest BCUT2D eigenvalue weighted by Crippen LogP contribution is 2.27. The van der Waals surface area contributed by atoms with E-state index < -0.39 is 10.0 Å². The maximum absolute atomic E-state index is 12.6. The van der Waals surface area contributed by atoms with Gasteiger partial charge >= 0.3 is 0 Å². The molecule has 0 radical (unpaired) electrons. The van der Waals surface area contributed by atoms with Crippen LogP contribution in [0.1, 0.15) is 5.56 Å². The second-order valence-corrected chi connectivity index (χ2v) is 8.52. The fourth-order valence-electron chi connectivity index (χ4n) is 2.46. The van der Waals surface area contributed by atoms with E-state index >= 15 is 0 Å². The lowest BCUT2D eigenvalue weighted by Crippen LogP contribution is -2.23. The average Bonchev–Trinajstić information content (AvgIpc) is 2.73. The van der Waals surface area contributed by atoms with E-state index in [1.807, 2.05) is 0 Å². The molecule has 3 aromatic rings. The molecule has 0 aliphatic rings. The summed E-state index contributed by atoms with van der Waals surface area (Å²) in [6.07, 6.45) is 1.56. The van der Waals surface area contributed by atoms with E-state index in [2.05, 4.69) is 25.6 Å². The van der Waals surface area contributed by atoms with Gasteiger partial charge in [0.25, 0.3) is 0 Å². The predicted octanol–water partition coefficient (Wildman–Crippen LogP) is 4.13. The number of nitrogens with zero attached hydrogens (tertiary/aromatic N) is 1. The lowest BCUT2D eigenvalue weighted by Gasteiger charge is -2.10. The fraction of sp³-hybridized carbons (Fsp3) is 0.150. The highest BCUT2D eigenvalue weighted by atomic mass is 79.9. The minimum atomic E-state index is -3.70. The van der Waals surface area contributed by atoms with Crippen LogP contribution in [-0.2, 0) is 16.6 Å². The summed E-state index contributed by atoms with van der Waals surface area (Å²) in [6, 6.07) is 15.0. The topological polar surface area (TPSA) is 86.8 Å². The number of nitrogens with one attached hydrogen (secondary N) is 1. The first-order valence-corrected chi connectivity index (χ1v) is 10.8. The van der Waals surface area contributed by atoms with Crippen LogP contribution in [0.2, 0.25) is 0 Å². The molecule has 0 spiro atoms. The average molecular weight is 479 g/mol. The van der Waals surface area contributed by atoms with Crippen LogP contribution in [-0.4, -0.2) is 27.6 Å². The van der Waals surface area contributed by atoms with Crippen LogP contribution in [0, 0.1) is 0 Å². The monoisotopic (exact) mass is 478 g/mol. The molecule has 9 heteroatoms. The van der Waals surface area contributed by atoms with E-state index in [1.54, 1.807) is 55.8 Å². The highest BCUT2D eigenvalue weighted by Gasteiger charge is 2.16. The van der Waals surface area contributed by atoms with Crippen molar-refractivity contribution in [3.63, 3.8) is 0 Å². The molecule has 3 rings (SSSR count). The van der Waals surface area contributed by atoms with Gasteiger partial charge in [0, 0.05) is 18.8 Å². The molecule has 0 amide bonds. The molecule has 29 heavy (non-hydrogen) atoms. The Hall–Kier alpha value is -2.62. The van der Waals surface area contributed by atoms with Crippen molar-refractivity contribution >= 4 is 26.0 Å². The molecule has 0 saturated heterocycles. The molecule has 0 aliphatic heterocycles. The second-order valence-electron chi connectivity index (χ2n) is 5.90. The van der Waals surface area contributed by atoms with Crippen LogP contribution in [0.3, 0.4) is 0 Å². The van der Waals surface area contributed by atoms with Crippen LogP contribution in [0.4, 0.5) is 0 Å². The maximum Gasteiger partial charge on any atom is 0.240 e. The van der Waals surface area contributed by atoms with Gasteiger partial charge in [0.2, 0.25) is 15.9 Å². The van der Waals surface area contributed by atoms with Crippen LogP contribution < -0.4 is 18.9 Å². The van der Waals surface area contributed by atoms with Crippen molar-refractivity contribution in [3.8, 4) is 23.1 Å². The van der Waals surface area contributed by atoms with Crippen molar-refractivity contribution < 1.29 is 22.6 Å². The predicted molar refractivity (Wildman–Crippen MR) is 112 cm³/mol. The minimum absolute atomic E-state index is 0.0907. The van der Waals surface area contributed by atoms with Gasteiger partial charge in [-0.25, -0.2) is 18.1 Å². The summed E-state index contributed by atoms with van der Waals surface area (Å²) in [5.74, 6) is 2.23. The Bertz CT molecular complexity index is 1090. The number of rotatable bonds is 8. The molecule has 1 N–H and O–H groups in total. The number of methoxy groups -OCH3 is 2. The number of hydrogen-bond donors (Lipinski definition) is 1. The number of aromatic nitrogens is 1. The Labute approximate surface area is 177 Å². The first-order chi connectivity index (χ1) is 13.9. The van der Waals surface area contributed by atoms with Crippen molar-refractivity contribution in [2.45, 2.75) is 11.4 Å². The molecular formula is C20H19BrN2O5S. The van der Waals surface area contributed by atoms with E-state index in [9.17, 15) is 8.42 Å². The number of benzene rings is 2. The van der Waals surface area contributed by atoms with Crippen LogP contribution >= 0.6 is 15.9 Å². The van der Waals surface area contributed by atoms with Gasteiger partial charge in [-0.2, -0.15) is 0 Å². The van der Waals surface area contributed by atoms with Gasteiger partial charge in [-0.1, -0.05) is 0 Å². The summed E-state index contributed by atoms with van der Waals surface area (Å²) < 4.78 is 44.2. The molecule has 2 aromatic carbocycles. The van der Waals surface area contributed by atoms with Gasteiger partial charge in [-0.3, -0.25) is 0 Å². The van der Waals surface area contributed by atoms with Gasteiger partial charge in [-0.15, -0.1) is 0 Å². The van der Waals surface area contributed by atoms with E-state index in [-0.39, 0.29) is 11.4 Å². The van der Waals surface area contributed by atoms with Crippen molar-refractivity contribution in [1.29, 1.82) is 0 Å². The first-order valence-electron chi connectivity index (χ1n) is 8.51. The van der Waals surface area contributed by atoms with Gasteiger partial charge in [0.15, 0.2) is 0 Å². The zero-order valence-corrected chi connectivity index (χ0v) is 18.2. The summed E-state index contributed by atoms with van der Waals surface area (Å²) in [5, 5.41) is 0. The van der Waals surface area contributed by atoms with Gasteiger partial charge < -0.3 is 14.2 Å². The van der Waals surface area contributed by atoms with Crippen LogP contribution in [0.15, 0.2) is 70.2 Å². The zero-order valence-electron chi connectivity index (χ0n) is 15.8. The molecule has 0 aliphatic carbocycles. The third-order valence-electron chi connectivity index (χ3n) is 3.98. The quantitative estimate of drug-likeness (QED) is 0.523. The van der Waals surface area contributed by atoms with Gasteiger partial charge in [0.1, 0.15) is 17.2 Å². The van der Waals surface area contributed by atoms with Gasteiger partial charge in [0.05, 0.1) is 23.6 Å². The van der Waals surface area contributed by atoms with Gasteiger partial charge in [-0.05, 0) is 70.0 Å². The summed E-state index contributed by atoms with van der Waals surface area (Å²) in [5.41, 5.74) is 0.708. The molecule has 0 atom stereocenters. The van der Waals surface area contributed by atoms with E-state index in [1.165, 1.54) is 19.2 Å². The van der Waals surface area contributed by atoms with E-state index in [4.69, 9.17) is 14.2 Å². The first kappa shape index (κ1) is 21.1. The molecule has 1 heterocycles. The van der Waals surface area contributed by atoms with Crippen molar-refractivity contribution in [3.05, 3.63) is 70.8 Å². The lowest BCUT2D eigenvalue weighted by molar-refractivity contribution is 0.411. The Morgan fingerprint density at radius 1 is 0.966 bits per heavy atom. The Kier molecular flexibility index (Phi) is 6.73. The third kappa shape index (κ3) is 5.47. The number of hydrogen-bond acceptors (Lipinski definition) is 6. The summed E-state index contributed by atoms with van der Waals surface area (Å²) in [6.45, 7) is 0.0907. The smallest absolute Gasteiger partial charge is 0.240 e. The van der Waals surface area contributed by atoms with E-state index in [0.717, 1.165) is 5.75 Å². The number of ether oxygens (including phenoxy) is 3. The largest absolute Gasteiger partial charge is 0.497 e. The zero-order chi connectivity index (χ0) is 20.9. The van der Waals surface area contributed by atoms with Crippen molar-refractivity contribution in [1.82, 2.24) is 9.71 Å².